The van der Waals surface area contributed by atoms with Crippen LogP contribution in [0.5, 0.6) is 0 Å². The van der Waals surface area contributed by atoms with Crippen molar-refractivity contribution in [2.45, 2.75) is 31.8 Å². The summed E-state index contributed by atoms with van der Waals surface area (Å²) in [5.41, 5.74) is 4.37. The molecule has 2 aromatic carbocycles. The number of carbonyl (C=O) groups excluding carboxylic acids is 1. The molecular weight excluding hydrogens is 462 g/mol. The molecule has 0 aromatic heterocycles. The molecule has 188 valence electrons. The van der Waals surface area contributed by atoms with Gasteiger partial charge in [0.05, 0.1) is 23.7 Å². The second-order valence-corrected chi connectivity index (χ2v) is 8.52. The molecule has 1 aliphatic carbocycles. The number of non-ortho nitro benzene ring substituents is 1. The Balaban J connectivity index is 1.56. The van der Waals surface area contributed by atoms with Gasteiger partial charge in [-0.15, -0.1) is 0 Å². The van der Waals surface area contributed by atoms with Crippen LogP contribution in [0.25, 0.3) is 0 Å². The number of fused-ring (bicyclic) bond motifs is 1. The van der Waals surface area contributed by atoms with Gasteiger partial charge in [0, 0.05) is 44.3 Å². The minimum absolute atomic E-state index is 0.0293. The molecule has 2 atom stereocenters. The molecule has 0 saturated carbocycles. The fourth-order valence-corrected chi connectivity index (χ4v) is 4.53. The third kappa shape index (κ3) is 5.38. The predicted molar refractivity (Wildman–Crippen MR) is 135 cm³/mol. The first-order valence-corrected chi connectivity index (χ1v) is 11.6. The van der Waals surface area contributed by atoms with Crippen LogP contribution < -0.4 is 10.2 Å². The summed E-state index contributed by atoms with van der Waals surface area (Å²) in [7, 11) is 3.08. The first-order valence-electron chi connectivity index (χ1n) is 11.6. The molecule has 2 aliphatic rings. The maximum absolute atomic E-state index is 13.6. The highest BCUT2D eigenvalue weighted by Gasteiger charge is 2.33. The molecular formula is C27H29N3O6. The quantitative estimate of drug-likeness (QED) is 0.398. The van der Waals surface area contributed by atoms with Crippen molar-refractivity contribution < 1.29 is 23.9 Å². The zero-order chi connectivity index (χ0) is 25.7. The minimum Gasteiger partial charge on any atom is -0.380 e. The van der Waals surface area contributed by atoms with Crippen LogP contribution in [0.3, 0.4) is 0 Å². The van der Waals surface area contributed by atoms with E-state index in [1.165, 1.54) is 25.4 Å². The molecule has 0 spiro atoms. The Morgan fingerprint density at radius 2 is 1.92 bits per heavy atom. The van der Waals surface area contributed by atoms with Crippen molar-refractivity contribution >= 4 is 17.3 Å². The highest BCUT2D eigenvalue weighted by molar-refractivity contribution is 6.09. The van der Waals surface area contributed by atoms with Crippen molar-refractivity contribution in [3.63, 3.8) is 0 Å². The van der Waals surface area contributed by atoms with Gasteiger partial charge in [0.1, 0.15) is 12.2 Å². The van der Waals surface area contributed by atoms with Gasteiger partial charge < -0.3 is 24.4 Å². The predicted octanol–water partition coefficient (Wildman–Crippen LogP) is 3.79. The summed E-state index contributed by atoms with van der Waals surface area (Å²) >= 11 is 0. The van der Waals surface area contributed by atoms with Gasteiger partial charge >= 0.3 is 0 Å². The number of nitrogens with one attached hydrogen (secondary N) is 1. The first-order chi connectivity index (χ1) is 17.4. The lowest BCUT2D eigenvalue weighted by atomic mass is 9.97. The number of methoxy groups -OCH3 is 2. The highest BCUT2D eigenvalue weighted by atomic mass is 16.6. The van der Waals surface area contributed by atoms with Gasteiger partial charge in [-0.25, -0.2) is 0 Å². The lowest BCUT2D eigenvalue weighted by Gasteiger charge is -2.30. The van der Waals surface area contributed by atoms with E-state index in [2.05, 4.69) is 11.9 Å². The summed E-state index contributed by atoms with van der Waals surface area (Å²) in [6.07, 6.45) is 4.78. The number of hydrogen-bond donors (Lipinski definition) is 1. The Hall–Kier alpha value is -3.79. The van der Waals surface area contributed by atoms with E-state index in [9.17, 15) is 14.9 Å². The second-order valence-electron chi connectivity index (χ2n) is 8.52. The molecule has 36 heavy (non-hydrogen) atoms. The summed E-state index contributed by atoms with van der Waals surface area (Å²) in [6, 6.07) is 12.6. The van der Waals surface area contributed by atoms with Gasteiger partial charge in [-0.1, -0.05) is 30.8 Å². The maximum atomic E-state index is 13.6. The van der Waals surface area contributed by atoms with Gasteiger partial charge in [-0.2, -0.15) is 0 Å². The largest absolute Gasteiger partial charge is 0.380 e. The Morgan fingerprint density at radius 1 is 1.17 bits per heavy atom. The molecule has 0 radical (unpaired) electrons. The molecule has 2 unspecified atom stereocenters. The van der Waals surface area contributed by atoms with Crippen molar-refractivity contribution in [3.05, 3.63) is 105 Å². The van der Waals surface area contributed by atoms with Crippen molar-refractivity contribution in [1.82, 2.24) is 5.32 Å². The maximum Gasteiger partial charge on any atom is 0.270 e. The lowest BCUT2D eigenvalue weighted by molar-refractivity contribution is -0.385. The van der Waals surface area contributed by atoms with Gasteiger partial charge in [0.15, 0.2) is 0 Å². The smallest absolute Gasteiger partial charge is 0.270 e. The molecule has 1 N–H and O–H groups in total. The summed E-state index contributed by atoms with van der Waals surface area (Å²) in [5.74, 6) is -0.135. The van der Waals surface area contributed by atoms with E-state index in [1.54, 1.807) is 24.2 Å². The SMILES string of the molecule is C=CNC1=CC(OCc2cc(COC)cc([N+](=O)[O-])c2)C(OC)C=C1C(=O)N1CCc2ccccc21. The number of ether oxygens (including phenoxy) is 3. The molecule has 1 heterocycles. The zero-order valence-corrected chi connectivity index (χ0v) is 20.3. The van der Waals surface area contributed by atoms with Gasteiger partial charge in [0.25, 0.3) is 11.6 Å². The fourth-order valence-electron chi connectivity index (χ4n) is 4.53. The molecule has 9 heteroatoms. The van der Waals surface area contributed by atoms with E-state index in [0.29, 0.717) is 28.9 Å². The Labute approximate surface area is 209 Å². The van der Waals surface area contributed by atoms with Crippen molar-refractivity contribution in [1.29, 1.82) is 0 Å². The number of anilines is 1. The summed E-state index contributed by atoms with van der Waals surface area (Å²) in [6.45, 7) is 4.70. The summed E-state index contributed by atoms with van der Waals surface area (Å²) in [4.78, 5) is 26.2. The van der Waals surface area contributed by atoms with E-state index in [-0.39, 0.29) is 24.8 Å². The van der Waals surface area contributed by atoms with Gasteiger partial charge in [0.2, 0.25) is 0 Å². The number of nitro benzene ring substituents is 1. The summed E-state index contributed by atoms with van der Waals surface area (Å²) in [5, 5.41) is 14.4. The molecule has 0 saturated heterocycles. The van der Waals surface area contributed by atoms with E-state index in [0.717, 1.165) is 17.7 Å². The van der Waals surface area contributed by atoms with Crippen molar-refractivity contribution in [3.8, 4) is 0 Å². The molecule has 9 nitrogen and oxygen atoms in total. The van der Waals surface area contributed by atoms with Crippen LogP contribution >= 0.6 is 0 Å². The number of carbonyl (C=O) groups is 1. The standard InChI is InChI=1S/C27H29N3O6/c1-4-28-23-15-26(36-17-19-11-18(16-34-2)12-21(13-19)30(32)33)25(35-3)14-22(23)27(31)29-10-9-20-7-5-6-8-24(20)29/h4-8,11-15,25-26,28H,1,9-10,16-17H2,2-3H3. The fraction of sp³-hybridized carbons (Fsp3) is 0.296. The number of benzene rings is 2. The van der Waals surface area contributed by atoms with Crippen LogP contribution in [0.15, 0.2) is 78.7 Å². The van der Waals surface area contributed by atoms with Crippen LogP contribution in [-0.2, 0) is 38.6 Å². The molecule has 1 aliphatic heterocycles. The van der Waals surface area contributed by atoms with Crippen molar-refractivity contribution in [2.24, 2.45) is 0 Å². The number of para-hydroxylation sites is 1. The van der Waals surface area contributed by atoms with Crippen LogP contribution in [0, 0.1) is 10.1 Å². The number of rotatable bonds is 10. The van der Waals surface area contributed by atoms with Crippen molar-refractivity contribution in [2.75, 3.05) is 25.7 Å². The molecule has 0 bridgehead atoms. The highest BCUT2D eigenvalue weighted by Crippen LogP contribution is 2.32. The van der Waals surface area contributed by atoms with Gasteiger partial charge in [-0.05, 0) is 47.5 Å². The van der Waals surface area contributed by atoms with E-state index >= 15 is 0 Å². The number of amides is 1. The lowest BCUT2D eigenvalue weighted by Crippen LogP contribution is -2.38. The summed E-state index contributed by atoms with van der Waals surface area (Å²) < 4.78 is 16.9. The first kappa shape index (κ1) is 25.3. The van der Waals surface area contributed by atoms with E-state index in [4.69, 9.17) is 14.2 Å². The van der Waals surface area contributed by atoms with Crippen LogP contribution in [-0.4, -0.2) is 43.8 Å². The normalized spacial score (nSPS) is 18.8. The molecule has 0 fully saturated rings. The third-order valence-corrected chi connectivity index (χ3v) is 6.17. The Kier molecular flexibility index (Phi) is 7.94. The van der Waals surface area contributed by atoms with E-state index in [1.807, 2.05) is 30.3 Å². The minimum atomic E-state index is -0.537. The number of nitrogens with zero attached hydrogens (tertiary/aromatic N) is 2. The van der Waals surface area contributed by atoms with E-state index < -0.39 is 17.1 Å². The third-order valence-electron chi connectivity index (χ3n) is 6.17. The van der Waals surface area contributed by atoms with Crippen LogP contribution in [0.2, 0.25) is 0 Å². The Morgan fingerprint density at radius 3 is 2.61 bits per heavy atom. The average molecular weight is 492 g/mol. The van der Waals surface area contributed by atoms with Crippen LogP contribution in [0.1, 0.15) is 16.7 Å². The number of nitro groups is 1. The topological polar surface area (TPSA) is 103 Å². The zero-order valence-electron chi connectivity index (χ0n) is 20.3. The molecule has 1 amide bonds. The average Bonchev–Trinajstić information content (AvgIpc) is 3.31. The second kappa shape index (κ2) is 11.3. The molecule has 2 aromatic rings. The Bertz CT molecular complexity index is 1220. The van der Waals surface area contributed by atoms with Gasteiger partial charge in [-0.3, -0.25) is 14.9 Å². The monoisotopic (exact) mass is 491 g/mol. The number of hydrogen-bond acceptors (Lipinski definition) is 7. The van der Waals surface area contributed by atoms with Crippen LogP contribution in [0.4, 0.5) is 11.4 Å². The molecule has 4 rings (SSSR count).